The number of hydrogen-bond donors (Lipinski definition) is 0. The maximum atomic E-state index is 12.3. The Balaban J connectivity index is 2.01. The third kappa shape index (κ3) is 4.27. The Morgan fingerprint density at radius 1 is 1.48 bits per heavy atom. The Hall–Kier alpha value is -1.43. The van der Waals surface area contributed by atoms with Crippen molar-refractivity contribution in [1.82, 2.24) is 19.7 Å². The van der Waals surface area contributed by atoms with Crippen molar-refractivity contribution in [3.63, 3.8) is 0 Å². The molecule has 1 aromatic rings. The molecule has 6 heteroatoms. The lowest BCUT2D eigenvalue weighted by molar-refractivity contribution is -0.160. The molecule has 0 radical (unpaired) electrons. The number of hydrogen-bond acceptors (Lipinski definition) is 5. The van der Waals surface area contributed by atoms with Gasteiger partial charge in [-0.2, -0.15) is 5.10 Å². The average Bonchev–Trinajstić information content (AvgIpc) is 2.98. The molecule has 0 unspecified atom stereocenters. The molecular weight excluding hydrogens is 268 g/mol. The van der Waals surface area contributed by atoms with Gasteiger partial charge in [-0.1, -0.05) is 6.92 Å². The molecule has 118 valence electrons. The third-order valence-electron chi connectivity index (χ3n) is 3.52. The molecular formula is C15H26N4O2. The van der Waals surface area contributed by atoms with Crippen molar-refractivity contribution in [1.29, 1.82) is 0 Å². The van der Waals surface area contributed by atoms with E-state index in [1.165, 1.54) is 0 Å². The number of aryl methyl sites for hydroxylation is 1. The minimum Gasteiger partial charge on any atom is -0.459 e. The van der Waals surface area contributed by atoms with E-state index >= 15 is 0 Å². The molecule has 1 fully saturated rings. The van der Waals surface area contributed by atoms with E-state index in [4.69, 9.17) is 4.74 Å². The first-order valence-corrected chi connectivity index (χ1v) is 7.74. The quantitative estimate of drug-likeness (QED) is 0.777. The summed E-state index contributed by atoms with van der Waals surface area (Å²) in [5.41, 5.74) is -0.437. The Labute approximate surface area is 126 Å². The molecule has 1 saturated heterocycles. The monoisotopic (exact) mass is 294 g/mol. The van der Waals surface area contributed by atoms with Gasteiger partial charge in [-0.3, -0.25) is 9.69 Å². The van der Waals surface area contributed by atoms with E-state index in [9.17, 15) is 4.79 Å². The van der Waals surface area contributed by atoms with Crippen LogP contribution < -0.4 is 0 Å². The van der Waals surface area contributed by atoms with Gasteiger partial charge < -0.3 is 4.74 Å². The van der Waals surface area contributed by atoms with Crippen LogP contribution in [0.5, 0.6) is 0 Å². The second kappa shape index (κ2) is 6.56. The molecule has 0 aliphatic carbocycles. The molecule has 0 saturated carbocycles. The van der Waals surface area contributed by atoms with Crippen molar-refractivity contribution >= 4 is 5.97 Å². The summed E-state index contributed by atoms with van der Waals surface area (Å²) >= 11 is 0. The molecule has 0 spiro atoms. The molecule has 0 amide bonds. The molecule has 2 rings (SSSR count). The summed E-state index contributed by atoms with van der Waals surface area (Å²) in [6.07, 6.45) is 4.48. The number of likely N-dealkylation sites (tertiary alicyclic amines) is 1. The first-order chi connectivity index (χ1) is 9.90. The molecule has 0 bridgehead atoms. The number of esters is 1. The largest absolute Gasteiger partial charge is 0.459 e. The van der Waals surface area contributed by atoms with Crippen LogP contribution in [0.15, 0.2) is 6.33 Å². The Morgan fingerprint density at radius 3 is 2.90 bits per heavy atom. The number of carbonyl (C=O) groups excluding carboxylic acids is 1. The van der Waals surface area contributed by atoms with Gasteiger partial charge in [0.15, 0.2) is 0 Å². The highest BCUT2D eigenvalue weighted by atomic mass is 16.6. The van der Waals surface area contributed by atoms with Crippen molar-refractivity contribution in [3.8, 4) is 0 Å². The van der Waals surface area contributed by atoms with Crippen LogP contribution in [0.2, 0.25) is 0 Å². The molecule has 0 N–H and O–H groups in total. The van der Waals surface area contributed by atoms with E-state index < -0.39 is 5.60 Å². The predicted molar refractivity (Wildman–Crippen MR) is 79.6 cm³/mol. The standard InChI is InChI=1S/C15H26N4O2/c1-5-8-19-13(16-11-17-19)10-18-9-6-7-12(18)14(20)21-15(2,3)4/h11-12H,5-10H2,1-4H3/t12-/m0/s1. The summed E-state index contributed by atoms with van der Waals surface area (Å²) in [6.45, 7) is 10.3. The van der Waals surface area contributed by atoms with Crippen LogP contribution in [0, 0.1) is 0 Å². The first kappa shape index (κ1) is 15.9. The number of nitrogens with zero attached hydrogens (tertiary/aromatic N) is 4. The number of ether oxygens (including phenoxy) is 1. The highest BCUT2D eigenvalue weighted by Gasteiger charge is 2.34. The molecule has 1 aliphatic heterocycles. The van der Waals surface area contributed by atoms with Gasteiger partial charge in [-0.05, 0) is 46.6 Å². The number of aromatic nitrogens is 3. The Bertz CT molecular complexity index is 478. The van der Waals surface area contributed by atoms with Gasteiger partial charge in [0.25, 0.3) is 0 Å². The summed E-state index contributed by atoms with van der Waals surface area (Å²) in [6, 6.07) is -0.156. The van der Waals surface area contributed by atoms with Crippen molar-refractivity contribution in [2.75, 3.05) is 6.54 Å². The summed E-state index contributed by atoms with van der Waals surface area (Å²) < 4.78 is 7.45. The summed E-state index contributed by atoms with van der Waals surface area (Å²) in [5.74, 6) is 0.800. The molecule has 2 heterocycles. The number of rotatable bonds is 5. The Morgan fingerprint density at radius 2 is 2.24 bits per heavy atom. The van der Waals surface area contributed by atoms with E-state index in [-0.39, 0.29) is 12.0 Å². The highest BCUT2D eigenvalue weighted by molar-refractivity contribution is 5.76. The number of carbonyl (C=O) groups is 1. The molecule has 1 aliphatic rings. The fourth-order valence-electron chi connectivity index (χ4n) is 2.64. The van der Waals surface area contributed by atoms with Crippen LogP contribution in [0.3, 0.4) is 0 Å². The minimum atomic E-state index is -0.437. The van der Waals surface area contributed by atoms with E-state index in [0.717, 1.165) is 38.2 Å². The van der Waals surface area contributed by atoms with Crippen LogP contribution >= 0.6 is 0 Å². The fraction of sp³-hybridized carbons (Fsp3) is 0.800. The van der Waals surface area contributed by atoms with Gasteiger partial charge >= 0.3 is 5.97 Å². The zero-order valence-electron chi connectivity index (χ0n) is 13.5. The molecule has 0 aromatic carbocycles. The first-order valence-electron chi connectivity index (χ1n) is 7.74. The molecule has 21 heavy (non-hydrogen) atoms. The zero-order valence-corrected chi connectivity index (χ0v) is 13.5. The average molecular weight is 294 g/mol. The smallest absolute Gasteiger partial charge is 0.323 e. The zero-order chi connectivity index (χ0) is 15.5. The lowest BCUT2D eigenvalue weighted by Gasteiger charge is -2.27. The second-order valence-corrected chi connectivity index (χ2v) is 6.56. The van der Waals surface area contributed by atoms with Gasteiger partial charge in [0.1, 0.15) is 23.8 Å². The van der Waals surface area contributed by atoms with E-state index in [2.05, 4.69) is 21.9 Å². The maximum absolute atomic E-state index is 12.3. The highest BCUT2D eigenvalue weighted by Crippen LogP contribution is 2.22. The lowest BCUT2D eigenvalue weighted by Crippen LogP contribution is -2.40. The SMILES string of the molecule is CCCn1ncnc1CN1CCC[C@H]1C(=O)OC(C)(C)C. The van der Waals surface area contributed by atoms with Crippen molar-refractivity contribution < 1.29 is 9.53 Å². The molecule has 1 atom stereocenters. The van der Waals surface area contributed by atoms with Gasteiger partial charge in [0, 0.05) is 6.54 Å². The predicted octanol–water partition coefficient (Wildman–Crippen LogP) is 1.99. The normalized spacial score (nSPS) is 19.9. The van der Waals surface area contributed by atoms with Gasteiger partial charge in [0.05, 0.1) is 6.54 Å². The Kier molecular flexibility index (Phi) is 4.98. The molecule has 1 aromatic heterocycles. The second-order valence-electron chi connectivity index (χ2n) is 6.56. The van der Waals surface area contributed by atoms with Gasteiger partial charge in [-0.15, -0.1) is 0 Å². The fourth-order valence-corrected chi connectivity index (χ4v) is 2.64. The van der Waals surface area contributed by atoms with Gasteiger partial charge in [0.2, 0.25) is 0 Å². The molecule has 6 nitrogen and oxygen atoms in total. The van der Waals surface area contributed by atoms with E-state index in [1.807, 2.05) is 25.5 Å². The van der Waals surface area contributed by atoms with Crippen LogP contribution in [-0.4, -0.2) is 43.8 Å². The summed E-state index contributed by atoms with van der Waals surface area (Å²) in [4.78, 5) is 18.8. The third-order valence-corrected chi connectivity index (χ3v) is 3.52. The van der Waals surface area contributed by atoms with Crippen LogP contribution in [0.1, 0.15) is 52.8 Å². The van der Waals surface area contributed by atoms with Crippen molar-refractivity contribution in [2.45, 2.75) is 71.7 Å². The van der Waals surface area contributed by atoms with Crippen LogP contribution in [-0.2, 0) is 22.6 Å². The van der Waals surface area contributed by atoms with Crippen LogP contribution in [0.4, 0.5) is 0 Å². The van der Waals surface area contributed by atoms with Crippen LogP contribution in [0.25, 0.3) is 0 Å². The van der Waals surface area contributed by atoms with E-state index in [1.54, 1.807) is 6.33 Å². The summed E-state index contributed by atoms with van der Waals surface area (Å²) in [5, 5.41) is 4.24. The van der Waals surface area contributed by atoms with Crippen molar-refractivity contribution in [2.24, 2.45) is 0 Å². The van der Waals surface area contributed by atoms with E-state index in [0.29, 0.717) is 6.54 Å². The van der Waals surface area contributed by atoms with Gasteiger partial charge in [-0.25, -0.2) is 9.67 Å². The van der Waals surface area contributed by atoms with Crippen molar-refractivity contribution in [3.05, 3.63) is 12.2 Å². The minimum absolute atomic E-state index is 0.124. The topological polar surface area (TPSA) is 60.2 Å². The lowest BCUT2D eigenvalue weighted by atomic mass is 10.1. The summed E-state index contributed by atoms with van der Waals surface area (Å²) in [7, 11) is 0. The maximum Gasteiger partial charge on any atom is 0.323 e.